The van der Waals surface area contributed by atoms with Crippen molar-refractivity contribution in [1.29, 1.82) is 0 Å². The van der Waals surface area contributed by atoms with E-state index in [4.69, 9.17) is 30.5 Å². The summed E-state index contributed by atoms with van der Waals surface area (Å²) in [4.78, 5) is 0. The van der Waals surface area contributed by atoms with Gasteiger partial charge in [-0.1, -0.05) is 6.58 Å². The van der Waals surface area contributed by atoms with E-state index in [1.807, 2.05) is 0 Å². The average molecular weight is 253 g/mol. The Morgan fingerprint density at radius 2 is 1.44 bits per heavy atom. The van der Waals surface area contributed by atoms with Crippen LogP contribution in [-0.2, 0) is 18.9 Å². The molecule has 0 aliphatic carbocycles. The quantitative estimate of drug-likeness (QED) is 0.300. The Morgan fingerprint density at radius 1 is 0.938 bits per heavy atom. The van der Waals surface area contributed by atoms with Crippen molar-refractivity contribution >= 4 is 11.6 Å². The van der Waals surface area contributed by atoms with Gasteiger partial charge in [-0.25, -0.2) is 0 Å². The van der Waals surface area contributed by atoms with Crippen molar-refractivity contribution in [3.63, 3.8) is 0 Å². The van der Waals surface area contributed by atoms with Crippen LogP contribution in [0.2, 0.25) is 0 Å². The molecule has 0 unspecified atom stereocenters. The molecule has 0 atom stereocenters. The summed E-state index contributed by atoms with van der Waals surface area (Å²) in [7, 11) is 1.64. The topological polar surface area (TPSA) is 36.9 Å². The highest BCUT2D eigenvalue weighted by atomic mass is 35.5. The molecule has 0 saturated heterocycles. The van der Waals surface area contributed by atoms with Crippen LogP contribution in [0, 0.1) is 0 Å². The van der Waals surface area contributed by atoms with Crippen LogP contribution in [0.15, 0.2) is 12.2 Å². The third-order valence-corrected chi connectivity index (χ3v) is 2.05. The molecule has 96 valence electrons. The van der Waals surface area contributed by atoms with Crippen LogP contribution in [0.3, 0.4) is 0 Å². The SMILES string of the molecule is C=C(CCl)COCCOCCOCCOC. The maximum atomic E-state index is 5.54. The van der Waals surface area contributed by atoms with Gasteiger partial charge in [-0.3, -0.25) is 0 Å². The molecule has 0 aromatic rings. The predicted octanol–water partition coefficient (Wildman–Crippen LogP) is 1.48. The summed E-state index contributed by atoms with van der Waals surface area (Å²) >= 11 is 5.54. The van der Waals surface area contributed by atoms with Gasteiger partial charge in [-0.15, -0.1) is 11.6 Å². The number of halogens is 1. The highest BCUT2D eigenvalue weighted by molar-refractivity contribution is 6.19. The maximum absolute atomic E-state index is 5.54. The van der Waals surface area contributed by atoms with E-state index in [2.05, 4.69) is 6.58 Å². The molecule has 0 bridgehead atoms. The van der Waals surface area contributed by atoms with Crippen LogP contribution in [0.4, 0.5) is 0 Å². The molecule has 0 aromatic carbocycles. The summed E-state index contributed by atoms with van der Waals surface area (Å²) in [5.41, 5.74) is 0.879. The van der Waals surface area contributed by atoms with Crippen LogP contribution >= 0.6 is 11.6 Å². The molecule has 0 saturated carbocycles. The summed E-state index contributed by atoms with van der Waals surface area (Å²) in [6, 6.07) is 0. The summed E-state index contributed by atoms with van der Waals surface area (Å²) in [6.45, 7) is 7.70. The van der Waals surface area contributed by atoms with Gasteiger partial charge in [-0.2, -0.15) is 0 Å². The summed E-state index contributed by atoms with van der Waals surface area (Å²) in [5, 5.41) is 0. The van der Waals surface area contributed by atoms with Crippen LogP contribution in [-0.4, -0.2) is 59.2 Å². The molecule has 0 spiro atoms. The molecule has 0 N–H and O–H groups in total. The molecule has 0 fully saturated rings. The Balaban J connectivity index is 2.96. The Morgan fingerprint density at radius 3 is 1.94 bits per heavy atom. The number of rotatable bonds is 12. The van der Waals surface area contributed by atoms with Gasteiger partial charge < -0.3 is 18.9 Å². The maximum Gasteiger partial charge on any atom is 0.0704 e. The van der Waals surface area contributed by atoms with E-state index >= 15 is 0 Å². The number of hydrogen-bond donors (Lipinski definition) is 0. The number of alkyl halides is 1. The van der Waals surface area contributed by atoms with Gasteiger partial charge in [0.25, 0.3) is 0 Å². The molecule has 0 heterocycles. The number of hydrogen-bond acceptors (Lipinski definition) is 4. The smallest absolute Gasteiger partial charge is 0.0704 e. The first kappa shape index (κ1) is 15.9. The van der Waals surface area contributed by atoms with Crippen molar-refractivity contribution in [2.45, 2.75) is 0 Å². The lowest BCUT2D eigenvalue weighted by Gasteiger charge is -2.06. The molecule has 0 amide bonds. The standard InChI is InChI=1S/C11H21ClO4/c1-11(9-12)10-16-8-7-15-6-5-14-4-3-13-2/h1,3-10H2,2H3. The zero-order valence-electron chi connectivity index (χ0n) is 9.87. The first-order valence-electron chi connectivity index (χ1n) is 5.26. The first-order valence-corrected chi connectivity index (χ1v) is 5.79. The molecule has 0 aliphatic heterocycles. The first-order chi connectivity index (χ1) is 7.81. The van der Waals surface area contributed by atoms with Gasteiger partial charge in [0.05, 0.1) is 46.2 Å². The van der Waals surface area contributed by atoms with Gasteiger partial charge in [-0.05, 0) is 5.57 Å². The molecule has 5 heteroatoms. The zero-order valence-corrected chi connectivity index (χ0v) is 10.6. The second-order valence-electron chi connectivity index (χ2n) is 3.15. The molecule has 0 aromatic heterocycles. The van der Waals surface area contributed by atoms with E-state index in [0.29, 0.717) is 52.1 Å². The Bertz CT molecular complexity index is 164. The fraction of sp³-hybridized carbons (Fsp3) is 0.818. The van der Waals surface area contributed by atoms with E-state index in [9.17, 15) is 0 Å². The monoisotopic (exact) mass is 252 g/mol. The van der Waals surface area contributed by atoms with Gasteiger partial charge in [0.1, 0.15) is 0 Å². The summed E-state index contributed by atoms with van der Waals surface area (Å²) < 4.78 is 20.6. The van der Waals surface area contributed by atoms with E-state index in [1.54, 1.807) is 7.11 Å². The van der Waals surface area contributed by atoms with Gasteiger partial charge >= 0.3 is 0 Å². The van der Waals surface area contributed by atoms with Crippen LogP contribution in [0.1, 0.15) is 0 Å². The van der Waals surface area contributed by atoms with Crippen molar-refractivity contribution in [1.82, 2.24) is 0 Å². The lowest BCUT2D eigenvalue weighted by molar-refractivity contribution is 0.00647. The lowest BCUT2D eigenvalue weighted by Crippen LogP contribution is -2.12. The molecule has 0 aliphatic rings. The van der Waals surface area contributed by atoms with Gasteiger partial charge in [0, 0.05) is 13.0 Å². The number of methoxy groups -OCH3 is 1. The van der Waals surface area contributed by atoms with Crippen LogP contribution in [0.25, 0.3) is 0 Å². The molecular formula is C11H21ClO4. The van der Waals surface area contributed by atoms with E-state index in [0.717, 1.165) is 5.57 Å². The largest absolute Gasteiger partial charge is 0.382 e. The Labute approximate surface area is 102 Å². The van der Waals surface area contributed by atoms with Crippen LogP contribution < -0.4 is 0 Å². The molecular weight excluding hydrogens is 232 g/mol. The summed E-state index contributed by atoms with van der Waals surface area (Å²) in [6.07, 6.45) is 0. The van der Waals surface area contributed by atoms with E-state index in [1.165, 1.54) is 0 Å². The number of ether oxygens (including phenoxy) is 4. The van der Waals surface area contributed by atoms with Crippen LogP contribution in [0.5, 0.6) is 0 Å². The Hall–Kier alpha value is -0.130. The predicted molar refractivity (Wildman–Crippen MR) is 64.2 cm³/mol. The van der Waals surface area contributed by atoms with Crippen molar-refractivity contribution in [3.05, 3.63) is 12.2 Å². The highest BCUT2D eigenvalue weighted by Gasteiger charge is 1.93. The third-order valence-electron chi connectivity index (χ3n) is 1.67. The third kappa shape index (κ3) is 11.9. The molecule has 16 heavy (non-hydrogen) atoms. The minimum atomic E-state index is 0.439. The van der Waals surface area contributed by atoms with Gasteiger partial charge in [0.2, 0.25) is 0 Å². The molecule has 4 nitrogen and oxygen atoms in total. The van der Waals surface area contributed by atoms with E-state index < -0.39 is 0 Å². The van der Waals surface area contributed by atoms with E-state index in [-0.39, 0.29) is 0 Å². The minimum absolute atomic E-state index is 0.439. The lowest BCUT2D eigenvalue weighted by atomic mass is 10.4. The van der Waals surface area contributed by atoms with Crippen molar-refractivity contribution in [2.75, 3.05) is 59.2 Å². The molecule has 0 rings (SSSR count). The van der Waals surface area contributed by atoms with Crippen molar-refractivity contribution in [2.24, 2.45) is 0 Å². The summed E-state index contributed by atoms with van der Waals surface area (Å²) in [5.74, 6) is 0.439. The van der Waals surface area contributed by atoms with Gasteiger partial charge in [0.15, 0.2) is 0 Å². The normalized spacial score (nSPS) is 10.6. The molecule has 0 radical (unpaired) electrons. The van der Waals surface area contributed by atoms with Crippen molar-refractivity contribution in [3.8, 4) is 0 Å². The van der Waals surface area contributed by atoms with Crippen molar-refractivity contribution < 1.29 is 18.9 Å². The second-order valence-corrected chi connectivity index (χ2v) is 3.42. The second kappa shape index (κ2) is 12.9. The zero-order chi connectivity index (χ0) is 12.1. The fourth-order valence-electron chi connectivity index (χ4n) is 0.837. The average Bonchev–Trinajstić information content (AvgIpc) is 2.31. The fourth-order valence-corrected chi connectivity index (χ4v) is 0.914. The highest BCUT2D eigenvalue weighted by Crippen LogP contribution is 1.94. The Kier molecular flexibility index (Phi) is 12.8. The minimum Gasteiger partial charge on any atom is -0.382 e.